The predicted molar refractivity (Wildman–Crippen MR) is 99.7 cm³/mol. The molecule has 4 rings (SSSR count). The quantitative estimate of drug-likeness (QED) is 0.568. The first kappa shape index (κ1) is 16.8. The summed E-state index contributed by atoms with van der Waals surface area (Å²) < 4.78 is 8.33. The SMILES string of the molecule is O=C(CCCn1c(=O)oc2ccccc21)Nc1cccnc1-n1cccn1. The van der Waals surface area contributed by atoms with Crippen LogP contribution in [0.25, 0.3) is 16.9 Å². The van der Waals surface area contributed by atoms with E-state index in [1.165, 1.54) is 0 Å². The van der Waals surface area contributed by atoms with Crippen molar-refractivity contribution < 1.29 is 9.21 Å². The maximum absolute atomic E-state index is 12.3. The molecule has 0 aliphatic rings. The van der Waals surface area contributed by atoms with Gasteiger partial charge >= 0.3 is 5.76 Å². The average molecular weight is 363 g/mol. The third-order valence-electron chi connectivity index (χ3n) is 4.14. The summed E-state index contributed by atoms with van der Waals surface area (Å²) >= 11 is 0. The van der Waals surface area contributed by atoms with E-state index in [1.807, 2.05) is 18.2 Å². The third kappa shape index (κ3) is 3.50. The molecular weight excluding hydrogens is 346 g/mol. The number of oxazole rings is 1. The van der Waals surface area contributed by atoms with Crippen molar-refractivity contribution >= 4 is 22.7 Å². The highest BCUT2D eigenvalue weighted by Gasteiger charge is 2.11. The normalized spacial score (nSPS) is 11.0. The van der Waals surface area contributed by atoms with Gasteiger partial charge in [-0.15, -0.1) is 0 Å². The van der Waals surface area contributed by atoms with Gasteiger partial charge in [-0.25, -0.2) is 14.5 Å². The highest BCUT2D eigenvalue weighted by atomic mass is 16.4. The highest BCUT2D eigenvalue weighted by molar-refractivity contribution is 5.92. The maximum atomic E-state index is 12.3. The number of nitrogens with zero attached hydrogens (tertiary/aromatic N) is 4. The van der Waals surface area contributed by atoms with Crippen LogP contribution in [0.5, 0.6) is 0 Å². The van der Waals surface area contributed by atoms with Crippen molar-refractivity contribution in [2.45, 2.75) is 19.4 Å². The second-order valence-corrected chi connectivity index (χ2v) is 5.96. The Balaban J connectivity index is 1.41. The molecule has 0 saturated heterocycles. The smallest absolute Gasteiger partial charge is 0.408 e. The average Bonchev–Trinajstić information content (AvgIpc) is 3.31. The first-order valence-corrected chi connectivity index (χ1v) is 8.55. The Hall–Kier alpha value is -3.68. The lowest BCUT2D eigenvalue weighted by molar-refractivity contribution is -0.116. The molecule has 1 amide bonds. The van der Waals surface area contributed by atoms with Crippen LogP contribution in [0.3, 0.4) is 0 Å². The summed E-state index contributed by atoms with van der Waals surface area (Å²) in [5.41, 5.74) is 1.86. The van der Waals surface area contributed by atoms with Crippen molar-refractivity contribution in [3.63, 3.8) is 0 Å². The van der Waals surface area contributed by atoms with Crippen LogP contribution in [0.1, 0.15) is 12.8 Å². The number of amides is 1. The summed E-state index contributed by atoms with van der Waals surface area (Å²) in [6, 6.07) is 12.5. The minimum atomic E-state index is -0.412. The number of rotatable bonds is 6. The molecule has 0 aliphatic heterocycles. The lowest BCUT2D eigenvalue weighted by atomic mass is 10.2. The summed E-state index contributed by atoms with van der Waals surface area (Å²) in [6.07, 6.45) is 5.82. The van der Waals surface area contributed by atoms with E-state index < -0.39 is 5.76 Å². The minimum Gasteiger partial charge on any atom is -0.408 e. The van der Waals surface area contributed by atoms with Gasteiger partial charge in [0.15, 0.2) is 11.4 Å². The van der Waals surface area contributed by atoms with Crippen molar-refractivity contribution in [3.05, 3.63) is 71.6 Å². The van der Waals surface area contributed by atoms with Crippen LogP contribution in [0.2, 0.25) is 0 Å². The summed E-state index contributed by atoms with van der Waals surface area (Å²) in [4.78, 5) is 28.6. The number of anilines is 1. The number of carbonyl (C=O) groups is 1. The topological polar surface area (TPSA) is 95.0 Å². The molecule has 1 aromatic carbocycles. The molecule has 0 spiro atoms. The molecule has 0 atom stereocenters. The largest absolute Gasteiger partial charge is 0.419 e. The van der Waals surface area contributed by atoms with Gasteiger partial charge in [0.25, 0.3) is 0 Å². The Kier molecular flexibility index (Phi) is 4.52. The Morgan fingerprint density at radius 1 is 1.11 bits per heavy atom. The minimum absolute atomic E-state index is 0.155. The zero-order valence-electron chi connectivity index (χ0n) is 14.4. The Bertz CT molecular complexity index is 1130. The zero-order valence-corrected chi connectivity index (χ0v) is 14.4. The van der Waals surface area contributed by atoms with E-state index in [9.17, 15) is 9.59 Å². The fourth-order valence-corrected chi connectivity index (χ4v) is 2.91. The van der Waals surface area contributed by atoms with Crippen LogP contribution in [-0.2, 0) is 11.3 Å². The van der Waals surface area contributed by atoms with Crippen molar-refractivity contribution in [3.8, 4) is 5.82 Å². The van der Waals surface area contributed by atoms with Crippen LogP contribution in [0.4, 0.5) is 5.69 Å². The number of pyridine rings is 1. The lowest BCUT2D eigenvalue weighted by Crippen LogP contribution is -2.18. The molecule has 0 fully saturated rings. The van der Waals surface area contributed by atoms with E-state index in [4.69, 9.17) is 4.42 Å². The number of aromatic nitrogens is 4. The summed E-state index contributed by atoms with van der Waals surface area (Å²) in [5, 5.41) is 7.00. The standard InChI is InChI=1S/C19H17N5O3/c25-17(22-14-6-3-10-20-18(14)24-13-5-11-21-24)9-4-12-23-15-7-1-2-8-16(15)27-19(23)26/h1-3,5-8,10-11,13H,4,9,12H2,(H,22,25). The van der Waals surface area contributed by atoms with Gasteiger partial charge in [0.2, 0.25) is 5.91 Å². The summed E-state index contributed by atoms with van der Waals surface area (Å²) in [7, 11) is 0. The van der Waals surface area contributed by atoms with E-state index >= 15 is 0 Å². The number of fused-ring (bicyclic) bond motifs is 1. The fourth-order valence-electron chi connectivity index (χ4n) is 2.91. The first-order valence-electron chi connectivity index (χ1n) is 8.55. The Labute approximate surface area is 154 Å². The molecule has 3 aromatic heterocycles. The first-order chi connectivity index (χ1) is 13.2. The molecule has 4 aromatic rings. The second-order valence-electron chi connectivity index (χ2n) is 5.96. The number of aryl methyl sites for hydroxylation is 1. The van der Waals surface area contributed by atoms with Gasteiger partial charge in [-0.05, 0) is 36.8 Å². The molecule has 0 aliphatic carbocycles. The van der Waals surface area contributed by atoms with Crippen molar-refractivity contribution in [1.29, 1.82) is 0 Å². The summed E-state index contributed by atoms with van der Waals surface area (Å²) in [6.45, 7) is 0.405. The molecule has 0 radical (unpaired) electrons. The number of hydrogen-bond donors (Lipinski definition) is 1. The molecular formula is C19H17N5O3. The molecule has 3 heterocycles. The second kappa shape index (κ2) is 7.28. The maximum Gasteiger partial charge on any atom is 0.419 e. The monoisotopic (exact) mass is 363 g/mol. The number of nitrogens with one attached hydrogen (secondary N) is 1. The van der Waals surface area contributed by atoms with Crippen molar-refractivity contribution in [1.82, 2.24) is 19.3 Å². The summed E-state index contributed by atoms with van der Waals surface area (Å²) in [5.74, 6) is -0.0185. The van der Waals surface area contributed by atoms with Gasteiger partial charge in [0.05, 0.1) is 11.2 Å². The fraction of sp³-hybridized carbons (Fsp3) is 0.158. The van der Waals surface area contributed by atoms with E-state index in [0.717, 1.165) is 5.52 Å². The van der Waals surface area contributed by atoms with Gasteiger partial charge in [0.1, 0.15) is 0 Å². The molecule has 0 bridgehead atoms. The van der Waals surface area contributed by atoms with Gasteiger partial charge in [-0.3, -0.25) is 9.36 Å². The van der Waals surface area contributed by atoms with Gasteiger partial charge in [-0.2, -0.15) is 5.10 Å². The number of benzene rings is 1. The lowest BCUT2D eigenvalue weighted by Gasteiger charge is -2.10. The van der Waals surface area contributed by atoms with Crippen molar-refractivity contribution in [2.24, 2.45) is 0 Å². The molecule has 0 saturated carbocycles. The van der Waals surface area contributed by atoms with E-state index in [-0.39, 0.29) is 12.3 Å². The van der Waals surface area contributed by atoms with E-state index in [0.29, 0.717) is 30.1 Å². The predicted octanol–water partition coefficient (Wildman–Crippen LogP) is 2.59. The third-order valence-corrected chi connectivity index (χ3v) is 4.14. The molecule has 27 heavy (non-hydrogen) atoms. The van der Waals surface area contributed by atoms with Gasteiger partial charge in [-0.1, -0.05) is 12.1 Å². The van der Waals surface area contributed by atoms with Crippen LogP contribution in [0, 0.1) is 0 Å². The zero-order chi connectivity index (χ0) is 18.6. The molecule has 8 nitrogen and oxygen atoms in total. The number of carbonyl (C=O) groups excluding carboxylic acids is 1. The van der Waals surface area contributed by atoms with Crippen LogP contribution >= 0.6 is 0 Å². The van der Waals surface area contributed by atoms with Gasteiger partial charge in [0, 0.05) is 31.6 Å². The molecule has 0 unspecified atom stereocenters. The molecule has 136 valence electrons. The number of hydrogen-bond acceptors (Lipinski definition) is 5. The van der Waals surface area contributed by atoms with Gasteiger partial charge < -0.3 is 9.73 Å². The van der Waals surface area contributed by atoms with E-state index in [1.54, 1.807) is 52.1 Å². The van der Waals surface area contributed by atoms with Crippen LogP contribution < -0.4 is 11.1 Å². The molecule has 1 N–H and O–H groups in total. The van der Waals surface area contributed by atoms with Crippen LogP contribution in [0.15, 0.2) is 70.3 Å². The van der Waals surface area contributed by atoms with E-state index in [2.05, 4.69) is 15.4 Å². The van der Waals surface area contributed by atoms with Crippen molar-refractivity contribution in [2.75, 3.05) is 5.32 Å². The Morgan fingerprint density at radius 2 is 2.00 bits per heavy atom. The Morgan fingerprint density at radius 3 is 2.85 bits per heavy atom. The highest BCUT2D eigenvalue weighted by Crippen LogP contribution is 2.17. The number of para-hydroxylation sites is 2. The van der Waals surface area contributed by atoms with Crippen LogP contribution in [-0.4, -0.2) is 25.2 Å². The molecule has 8 heteroatoms.